The highest BCUT2D eigenvalue weighted by molar-refractivity contribution is 7.13. The molecular formula is C19H14N2O4S. The Labute approximate surface area is 153 Å². The Balaban J connectivity index is 1.37. The summed E-state index contributed by atoms with van der Waals surface area (Å²) in [5.41, 5.74) is 2.30. The second-order valence-electron chi connectivity index (χ2n) is 5.70. The molecule has 0 N–H and O–H groups in total. The average molecular weight is 366 g/mol. The monoisotopic (exact) mass is 366 g/mol. The van der Waals surface area contributed by atoms with Crippen molar-refractivity contribution in [1.29, 1.82) is 0 Å². The van der Waals surface area contributed by atoms with E-state index in [1.54, 1.807) is 18.2 Å². The normalized spacial score (nSPS) is 13.2. The van der Waals surface area contributed by atoms with Crippen molar-refractivity contribution in [3.8, 4) is 10.6 Å². The summed E-state index contributed by atoms with van der Waals surface area (Å²) < 4.78 is 10.5. The quantitative estimate of drug-likeness (QED) is 0.646. The third-order valence-corrected chi connectivity index (χ3v) is 4.91. The lowest BCUT2D eigenvalue weighted by atomic mass is 10.1. The fourth-order valence-corrected chi connectivity index (χ4v) is 3.42. The summed E-state index contributed by atoms with van der Waals surface area (Å²) in [5.74, 6) is -0.151. The number of carbonyl (C=O) groups is 2. The molecule has 2 aromatic heterocycles. The molecule has 0 aliphatic carbocycles. The van der Waals surface area contributed by atoms with Crippen LogP contribution in [0.2, 0.25) is 0 Å². The number of hydrogen-bond acceptors (Lipinski definition) is 6. The van der Waals surface area contributed by atoms with E-state index >= 15 is 0 Å². The first kappa shape index (κ1) is 16.3. The largest absolute Gasteiger partial charge is 0.458 e. The molecule has 26 heavy (non-hydrogen) atoms. The zero-order valence-electron chi connectivity index (χ0n) is 13.7. The molecule has 6 nitrogen and oxygen atoms in total. The van der Waals surface area contributed by atoms with E-state index in [0.717, 1.165) is 10.4 Å². The molecule has 1 amide bonds. The van der Waals surface area contributed by atoms with Crippen LogP contribution in [-0.2, 0) is 16.1 Å². The van der Waals surface area contributed by atoms with Gasteiger partial charge in [0.15, 0.2) is 5.76 Å². The van der Waals surface area contributed by atoms with Gasteiger partial charge < -0.3 is 9.26 Å². The van der Waals surface area contributed by atoms with Gasteiger partial charge in [-0.05, 0) is 17.5 Å². The number of amides is 1. The standard InChI is InChI=1S/C19H14N2O4S/c1-12-14-5-2-3-6-15(14)19(23)21(12)10-18(22)24-11-13-9-16(25-20-13)17-7-4-8-26-17/h2-9H,1,10-11H2. The van der Waals surface area contributed by atoms with Gasteiger partial charge in [0.2, 0.25) is 0 Å². The van der Waals surface area contributed by atoms with Crippen LogP contribution in [0, 0.1) is 0 Å². The van der Waals surface area contributed by atoms with Crippen molar-refractivity contribution in [1.82, 2.24) is 10.1 Å². The molecule has 0 unspecified atom stereocenters. The minimum absolute atomic E-state index is 0.0187. The van der Waals surface area contributed by atoms with Gasteiger partial charge in [-0.2, -0.15) is 0 Å². The fraction of sp³-hybridized carbons (Fsp3) is 0.105. The van der Waals surface area contributed by atoms with Crippen LogP contribution in [-0.4, -0.2) is 28.5 Å². The lowest BCUT2D eigenvalue weighted by Gasteiger charge is -2.16. The molecule has 0 atom stereocenters. The topological polar surface area (TPSA) is 72.6 Å². The highest BCUT2D eigenvalue weighted by Gasteiger charge is 2.32. The van der Waals surface area contributed by atoms with E-state index < -0.39 is 5.97 Å². The zero-order valence-corrected chi connectivity index (χ0v) is 14.5. The van der Waals surface area contributed by atoms with Crippen molar-refractivity contribution in [2.24, 2.45) is 0 Å². The van der Waals surface area contributed by atoms with E-state index in [0.29, 0.717) is 22.7 Å². The predicted molar refractivity (Wildman–Crippen MR) is 96.1 cm³/mol. The first-order valence-electron chi connectivity index (χ1n) is 7.89. The molecule has 1 aliphatic heterocycles. The van der Waals surface area contributed by atoms with Gasteiger partial charge >= 0.3 is 5.97 Å². The summed E-state index contributed by atoms with van der Waals surface area (Å²) in [5, 5.41) is 5.83. The van der Waals surface area contributed by atoms with Crippen molar-refractivity contribution in [3.05, 3.63) is 71.2 Å². The number of nitrogens with zero attached hydrogens (tertiary/aromatic N) is 2. The maximum atomic E-state index is 12.4. The van der Waals surface area contributed by atoms with E-state index in [1.807, 2.05) is 29.6 Å². The minimum atomic E-state index is -0.534. The first-order valence-corrected chi connectivity index (χ1v) is 8.76. The molecule has 130 valence electrons. The molecule has 3 aromatic rings. The first-order chi connectivity index (χ1) is 12.6. The van der Waals surface area contributed by atoms with Crippen LogP contribution in [0.3, 0.4) is 0 Å². The summed E-state index contributed by atoms with van der Waals surface area (Å²) in [6, 6.07) is 12.7. The summed E-state index contributed by atoms with van der Waals surface area (Å²) in [6.45, 7) is 3.69. The average Bonchev–Trinajstić information content (AvgIpc) is 3.38. The molecule has 0 bridgehead atoms. The Morgan fingerprint density at radius 2 is 2.04 bits per heavy atom. The van der Waals surface area contributed by atoms with Crippen molar-refractivity contribution in [2.45, 2.75) is 6.61 Å². The third kappa shape index (κ3) is 2.93. The van der Waals surface area contributed by atoms with Crippen molar-refractivity contribution in [3.63, 3.8) is 0 Å². The number of hydrogen-bond donors (Lipinski definition) is 0. The lowest BCUT2D eigenvalue weighted by molar-refractivity contribution is -0.145. The van der Waals surface area contributed by atoms with E-state index in [-0.39, 0.29) is 19.1 Å². The second kappa shape index (κ2) is 6.61. The molecule has 0 saturated heterocycles. The molecule has 0 radical (unpaired) electrons. The Morgan fingerprint density at radius 1 is 1.23 bits per heavy atom. The smallest absolute Gasteiger partial charge is 0.326 e. The van der Waals surface area contributed by atoms with Gasteiger partial charge in [-0.1, -0.05) is 36.0 Å². The van der Waals surface area contributed by atoms with Gasteiger partial charge in [0.1, 0.15) is 18.8 Å². The molecule has 7 heteroatoms. The molecule has 1 aliphatic rings. The molecule has 1 aromatic carbocycles. The maximum absolute atomic E-state index is 12.4. The van der Waals surface area contributed by atoms with Crippen LogP contribution in [0.1, 0.15) is 21.6 Å². The Bertz CT molecular complexity index is 956. The number of rotatable bonds is 5. The van der Waals surface area contributed by atoms with Gasteiger partial charge in [-0.15, -0.1) is 11.3 Å². The fourth-order valence-electron chi connectivity index (χ4n) is 2.75. The number of benzene rings is 1. The number of esters is 1. The van der Waals surface area contributed by atoms with Crippen LogP contribution < -0.4 is 0 Å². The Morgan fingerprint density at radius 3 is 2.77 bits per heavy atom. The van der Waals surface area contributed by atoms with Gasteiger partial charge in [-0.3, -0.25) is 14.5 Å². The van der Waals surface area contributed by atoms with Crippen LogP contribution in [0.25, 0.3) is 16.3 Å². The maximum Gasteiger partial charge on any atom is 0.326 e. The molecule has 0 saturated carbocycles. The third-order valence-electron chi connectivity index (χ3n) is 4.03. The number of thiophene rings is 1. The van der Waals surface area contributed by atoms with E-state index in [1.165, 1.54) is 16.2 Å². The Kier molecular flexibility index (Phi) is 4.14. The van der Waals surface area contributed by atoms with Gasteiger partial charge in [-0.25, -0.2) is 0 Å². The molecule has 4 rings (SSSR count). The predicted octanol–water partition coefficient (Wildman–Crippen LogP) is 3.57. The van der Waals surface area contributed by atoms with E-state index in [4.69, 9.17) is 9.26 Å². The zero-order chi connectivity index (χ0) is 18.1. The lowest BCUT2D eigenvalue weighted by Crippen LogP contribution is -2.30. The highest BCUT2D eigenvalue weighted by atomic mass is 32.1. The Hall–Kier alpha value is -3.19. The van der Waals surface area contributed by atoms with E-state index in [2.05, 4.69) is 11.7 Å². The van der Waals surface area contributed by atoms with Gasteiger partial charge in [0, 0.05) is 22.9 Å². The van der Waals surface area contributed by atoms with Gasteiger partial charge in [0.05, 0.1) is 4.88 Å². The van der Waals surface area contributed by atoms with Crippen LogP contribution in [0.5, 0.6) is 0 Å². The number of ether oxygens (including phenoxy) is 1. The van der Waals surface area contributed by atoms with Crippen molar-refractivity contribution >= 4 is 28.9 Å². The highest BCUT2D eigenvalue weighted by Crippen LogP contribution is 2.31. The number of carbonyl (C=O) groups excluding carboxylic acids is 2. The molecular weight excluding hydrogens is 352 g/mol. The summed E-state index contributed by atoms with van der Waals surface area (Å²) in [7, 11) is 0. The van der Waals surface area contributed by atoms with Crippen molar-refractivity contribution in [2.75, 3.05) is 6.54 Å². The van der Waals surface area contributed by atoms with Crippen LogP contribution in [0.4, 0.5) is 0 Å². The molecule has 3 heterocycles. The molecule has 0 spiro atoms. The number of fused-ring (bicyclic) bond motifs is 1. The second-order valence-corrected chi connectivity index (χ2v) is 6.65. The van der Waals surface area contributed by atoms with Crippen LogP contribution in [0.15, 0.2) is 58.9 Å². The summed E-state index contributed by atoms with van der Waals surface area (Å²) in [6.07, 6.45) is 0. The van der Waals surface area contributed by atoms with Gasteiger partial charge in [0.25, 0.3) is 5.91 Å². The van der Waals surface area contributed by atoms with Crippen molar-refractivity contribution < 1.29 is 18.8 Å². The minimum Gasteiger partial charge on any atom is -0.458 e. The SMILES string of the molecule is C=C1c2ccccc2C(=O)N1CC(=O)OCc1cc(-c2cccs2)on1. The molecule has 0 fully saturated rings. The summed E-state index contributed by atoms with van der Waals surface area (Å²) in [4.78, 5) is 26.8. The summed E-state index contributed by atoms with van der Waals surface area (Å²) >= 11 is 1.53. The van der Waals surface area contributed by atoms with E-state index in [9.17, 15) is 9.59 Å². The van der Waals surface area contributed by atoms with Crippen LogP contribution >= 0.6 is 11.3 Å². The number of aromatic nitrogens is 1.